The summed E-state index contributed by atoms with van der Waals surface area (Å²) in [5.74, 6) is 0.945. The highest BCUT2D eigenvalue weighted by molar-refractivity contribution is 5.83. The van der Waals surface area contributed by atoms with Gasteiger partial charge in [-0.25, -0.2) is 15.0 Å². The van der Waals surface area contributed by atoms with Crippen LogP contribution >= 0.6 is 0 Å². The zero-order valence-corrected chi connectivity index (χ0v) is 18.2. The number of hydrogen-bond acceptors (Lipinski definition) is 7. The first-order chi connectivity index (χ1) is 14.1. The molecule has 0 saturated carbocycles. The van der Waals surface area contributed by atoms with Gasteiger partial charge in [0.05, 0.1) is 17.3 Å². The number of nitrogens with two attached hydrogens (primary N) is 1. The average molecular weight is 409 g/mol. The molecule has 0 aliphatic heterocycles. The number of imidazole rings is 1. The van der Waals surface area contributed by atoms with E-state index < -0.39 is 5.54 Å². The van der Waals surface area contributed by atoms with Gasteiger partial charge in [-0.05, 0) is 33.8 Å². The maximum atomic E-state index is 12.5. The van der Waals surface area contributed by atoms with E-state index in [1.807, 2.05) is 22.4 Å². The van der Waals surface area contributed by atoms with Gasteiger partial charge in [0.25, 0.3) is 5.56 Å². The van der Waals surface area contributed by atoms with Crippen LogP contribution in [-0.2, 0) is 12.6 Å². The van der Waals surface area contributed by atoms with Crippen molar-refractivity contribution >= 4 is 34.0 Å². The fourth-order valence-electron chi connectivity index (χ4n) is 3.89. The molecular formula is C20H27N9O. The van der Waals surface area contributed by atoms with Gasteiger partial charge in [-0.1, -0.05) is 0 Å². The second-order valence-corrected chi connectivity index (χ2v) is 8.54. The van der Waals surface area contributed by atoms with Crippen LogP contribution in [0, 0.1) is 0 Å². The highest BCUT2D eigenvalue weighted by Crippen LogP contribution is 2.27. The van der Waals surface area contributed by atoms with Crippen molar-refractivity contribution in [3.63, 3.8) is 0 Å². The van der Waals surface area contributed by atoms with E-state index in [2.05, 4.69) is 52.5 Å². The van der Waals surface area contributed by atoms with Crippen molar-refractivity contribution in [3.05, 3.63) is 35.3 Å². The van der Waals surface area contributed by atoms with Gasteiger partial charge in [0, 0.05) is 32.9 Å². The van der Waals surface area contributed by atoms with Crippen LogP contribution in [0.4, 0.5) is 11.8 Å². The van der Waals surface area contributed by atoms with Crippen LogP contribution in [-0.4, -0.2) is 47.2 Å². The lowest BCUT2D eigenvalue weighted by Crippen LogP contribution is -2.39. The Bertz CT molecular complexity index is 1300. The molecule has 158 valence electrons. The largest absolute Gasteiger partial charge is 0.369 e. The number of rotatable bonds is 5. The van der Waals surface area contributed by atoms with E-state index in [1.165, 1.54) is 4.57 Å². The number of likely N-dealkylation sites (N-methyl/N-ethyl adjacent to an activating group) is 1. The van der Waals surface area contributed by atoms with Gasteiger partial charge in [-0.15, -0.1) is 0 Å². The number of nitrogen functional groups attached to an aromatic ring is 1. The Balaban J connectivity index is 1.73. The highest BCUT2D eigenvalue weighted by Gasteiger charge is 2.27. The molecule has 4 aromatic heterocycles. The topological polar surface area (TPSA) is 113 Å². The van der Waals surface area contributed by atoms with Crippen molar-refractivity contribution in [2.75, 3.05) is 24.2 Å². The molecule has 4 aromatic rings. The van der Waals surface area contributed by atoms with Gasteiger partial charge in [-0.3, -0.25) is 9.36 Å². The summed E-state index contributed by atoms with van der Waals surface area (Å²) in [4.78, 5) is 32.5. The minimum absolute atomic E-state index is 0.155. The van der Waals surface area contributed by atoms with Crippen LogP contribution < -0.4 is 16.2 Å². The molecule has 0 spiro atoms. The zero-order chi connectivity index (χ0) is 21.8. The molecule has 10 heteroatoms. The highest BCUT2D eigenvalue weighted by atomic mass is 16.1. The fourth-order valence-corrected chi connectivity index (χ4v) is 3.89. The number of hydrogen-bond donors (Lipinski definition) is 1. The Morgan fingerprint density at radius 3 is 2.63 bits per heavy atom. The maximum Gasteiger partial charge on any atom is 0.264 e. The minimum Gasteiger partial charge on any atom is -0.369 e. The van der Waals surface area contributed by atoms with Crippen LogP contribution in [0.2, 0.25) is 0 Å². The van der Waals surface area contributed by atoms with E-state index in [-0.39, 0.29) is 17.5 Å². The third-order valence-electron chi connectivity index (χ3n) is 5.49. The normalized spacial score (nSPS) is 12.4. The minimum atomic E-state index is -0.403. The summed E-state index contributed by atoms with van der Waals surface area (Å²) in [5, 5.41) is 0.544. The molecule has 4 rings (SSSR count). The van der Waals surface area contributed by atoms with E-state index in [0.29, 0.717) is 17.6 Å². The van der Waals surface area contributed by atoms with Crippen molar-refractivity contribution in [1.82, 2.24) is 33.6 Å². The summed E-state index contributed by atoms with van der Waals surface area (Å²) >= 11 is 0. The predicted octanol–water partition coefficient (Wildman–Crippen LogP) is 1.91. The molecule has 10 nitrogen and oxygen atoms in total. The predicted molar refractivity (Wildman–Crippen MR) is 118 cm³/mol. The third kappa shape index (κ3) is 2.99. The Morgan fingerprint density at radius 1 is 1.20 bits per heavy atom. The van der Waals surface area contributed by atoms with Gasteiger partial charge in [-0.2, -0.15) is 4.98 Å². The molecule has 0 aliphatic carbocycles. The van der Waals surface area contributed by atoms with E-state index in [1.54, 1.807) is 25.8 Å². The van der Waals surface area contributed by atoms with Crippen LogP contribution in [0.25, 0.3) is 22.2 Å². The van der Waals surface area contributed by atoms with E-state index >= 15 is 0 Å². The zero-order valence-electron chi connectivity index (χ0n) is 18.2. The molecular weight excluding hydrogens is 382 g/mol. The van der Waals surface area contributed by atoms with Crippen molar-refractivity contribution in [1.29, 1.82) is 0 Å². The molecule has 0 bridgehead atoms. The molecule has 0 aromatic carbocycles. The summed E-state index contributed by atoms with van der Waals surface area (Å²) in [6.07, 6.45) is 5.25. The Labute approximate surface area is 174 Å². The first kappa shape index (κ1) is 19.9. The van der Waals surface area contributed by atoms with Gasteiger partial charge < -0.3 is 19.8 Å². The Hall–Kier alpha value is -3.43. The lowest BCUT2D eigenvalue weighted by molar-refractivity contribution is 0.370. The summed E-state index contributed by atoms with van der Waals surface area (Å²) < 4.78 is 5.37. The van der Waals surface area contributed by atoms with Crippen molar-refractivity contribution in [3.8, 4) is 0 Å². The quantitative estimate of drug-likeness (QED) is 0.536. The molecule has 4 heterocycles. The van der Waals surface area contributed by atoms with Gasteiger partial charge in [0.1, 0.15) is 12.0 Å². The van der Waals surface area contributed by atoms with E-state index in [4.69, 9.17) is 5.73 Å². The lowest BCUT2D eigenvalue weighted by atomic mass is 10.0. The smallest absolute Gasteiger partial charge is 0.264 e. The van der Waals surface area contributed by atoms with E-state index in [9.17, 15) is 4.79 Å². The van der Waals surface area contributed by atoms with Crippen molar-refractivity contribution < 1.29 is 0 Å². The van der Waals surface area contributed by atoms with Crippen LogP contribution in [0.5, 0.6) is 0 Å². The van der Waals surface area contributed by atoms with Gasteiger partial charge in [0.15, 0.2) is 17.0 Å². The average Bonchev–Trinajstić information content (AvgIpc) is 3.30. The monoisotopic (exact) mass is 409 g/mol. The second kappa shape index (κ2) is 6.82. The van der Waals surface area contributed by atoms with Crippen LogP contribution in [0.3, 0.4) is 0 Å². The first-order valence-corrected chi connectivity index (χ1v) is 9.84. The summed E-state index contributed by atoms with van der Waals surface area (Å²) in [7, 11) is 3.60. The van der Waals surface area contributed by atoms with Crippen LogP contribution in [0.1, 0.15) is 33.7 Å². The Morgan fingerprint density at radius 2 is 1.93 bits per heavy atom. The van der Waals surface area contributed by atoms with Crippen LogP contribution in [0.15, 0.2) is 29.7 Å². The number of fused-ring (bicyclic) bond motifs is 2. The molecule has 0 atom stereocenters. The SMILES string of the molecule is CC(C)n1cnc2c(N(C)CC(C)(C)n3ccc4c(=O)n(C)c(N)nc43)ncnc21. The van der Waals surface area contributed by atoms with E-state index in [0.717, 1.165) is 17.0 Å². The summed E-state index contributed by atoms with van der Waals surface area (Å²) in [6.45, 7) is 8.97. The molecule has 30 heavy (non-hydrogen) atoms. The molecule has 0 aliphatic rings. The maximum absolute atomic E-state index is 12.5. The first-order valence-electron chi connectivity index (χ1n) is 9.84. The summed E-state index contributed by atoms with van der Waals surface area (Å²) in [6, 6.07) is 2.05. The number of aromatic nitrogens is 7. The van der Waals surface area contributed by atoms with Crippen molar-refractivity contribution in [2.24, 2.45) is 7.05 Å². The molecule has 0 fully saturated rings. The third-order valence-corrected chi connectivity index (χ3v) is 5.49. The number of anilines is 2. The second-order valence-electron chi connectivity index (χ2n) is 8.54. The summed E-state index contributed by atoms with van der Waals surface area (Å²) in [5.41, 5.74) is 7.53. The lowest BCUT2D eigenvalue weighted by Gasteiger charge is -2.33. The standard InChI is InChI=1S/C20H27N9O/c1-12(2)28-11-24-14-16(22-10-23-17(14)28)26(5)9-20(3,4)29-8-7-13-15(29)25-19(21)27(6)18(13)30/h7-8,10-12H,9H2,1-6H3,(H2,21,25). The van der Waals surface area contributed by atoms with Crippen molar-refractivity contribution in [2.45, 2.75) is 39.3 Å². The molecule has 0 radical (unpaired) electrons. The molecule has 2 N–H and O–H groups in total. The van der Waals surface area contributed by atoms with Gasteiger partial charge >= 0.3 is 0 Å². The molecule has 0 unspecified atom stereocenters. The Kier molecular flexibility index (Phi) is 4.52. The van der Waals surface area contributed by atoms with Gasteiger partial charge in [0.2, 0.25) is 5.95 Å². The molecule has 0 saturated heterocycles. The molecule has 0 amide bonds. The number of nitrogens with zero attached hydrogens (tertiary/aromatic N) is 8. The fraction of sp³-hybridized carbons (Fsp3) is 0.450.